The third kappa shape index (κ3) is 8.12. The summed E-state index contributed by atoms with van der Waals surface area (Å²) in [6.45, 7) is 0.573. The molecule has 0 fully saturated rings. The minimum atomic E-state index is -3.89. The first-order valence-corrected chi connectivity index (χ1v) is 17.7. The number of carbonyl (C=O) groups excluding carboxylic acids is 1. The largest absolute Gasteiger partial charge is 0.481 e. The molecular formula is C35H34ClN5O7S2. The van der Waals surface area contributed by atoms with E-state index in [1.807, 2.05) is 49.5 Å². The van der Waals surface area contributed by atoms with Crippen molar-refractivity contribution in [3.8, 4) is 34.3 Å². The number of methoxy groups -OCH3 is 2. The summed E-state index contributed by atoms with van der Waals surface area (Å²) in [5.74, 6) is 0.684. The van der Waals surface area contributed by atoms with Crippen LogP contribution in [0.4, 0.5) is 0 Å². The van der Waals surface area contributed by atoms with Crippen molar-refractivity contribution in [1.29, 1.82) is 0 Å². The second-order valence-electron chi connectivity index (χ2n) is 10.4. The van der Waals surface area contributed by atoms with Crippen LogP contribution in [-0.4, -0.2) is 62.3 Å². The molecule has 0 amide bonds. The van der Waals surface area contributed by atoms with Crippen molar-refractivity contribution in [1.82, 2.24) is 23.2 Å². The third-order valence-electron chi connectivity index (χ3n) is 7.26. The molecule has 0 unspecified atom stereocenters. The maximum Gasteiger partial charge on any atom is 0.269 e. The fraction of sp³-hybridized carbons (Fsp3) is 0.114. The fourth-order valence-electron chi connectivity index (χ4n) is 4.87. The molecule has 0 bridgehead atoms. The Balaban J connectivity index is 0.000000220. The van der Waals surface area contributed by atoms with Crippen molar-refractivity contribution in [2.75, 3.05) is 21.3 Å². The van der Waals surface area contributed by atoms with E-state index >= 15 is 0 Å². The standard InChI is InChI=1S/C18H19N3O3S.C17H14N2O4S.ClH/c1-19-11-14-10-17(15-6-4-3-5-7-15)21(13-14)25(22,23)16-8-9-18(24-2)20-12-16;1-23-17-8-7-15(10-18-17)24(21,22)19-11-13(12-20)9-16(19)14-5-3-2-4-6-14;/h3-10,12-13,19H,11H2,1-2H3;2-12H,1H3;1H. The van der Waals surface area contributed by atoms with Crippen molar-refractivity contribution < 1.29 is 31.1 Å². The van der Waals surface area contributed by atoms with Crippen LogP contribution in [0.2, 0.25) is 0 Å². The molecule has 4 aromatic heterocycles. The zero-order valence-corrected chi connectivity index (χ0v) is 29.7. The van der Waals surface area contributed by atoms with Crippen LogP contribution >= 0.6 is 12.4 Å². The number of pyridine rings is 2. The molecule has 0 radical (unpaired) electrons. The molecule has 12 nitrogen and oxygen atoms in total. The number of aldehydes is 1. The lowest BCUT2D eigenvalue weighted by Crippen LogP contribution is -2.14. The van der Waals surface area contributed by atoms with E-state index in [1.165, 1.54) is 67.1 Å². The van der Waals surface area contributed by atoms with Gasteiger partial charge in [-0.25, -0.2) is 34.7 Å². The second-order valence-corrected chi connectivity index (χ2v) is 14.1. The summed E-state index contributed by atoms with van der Waals surface area (Å²) in [4.78, 5) is 19.2. The number of rotatable bonds is 11. The Morgan fingerprint density at radius 1 is 0.680 bits per heavy atom. The quantitative estimate of drug-likeness (QED) is 0.168. The van der Waals surface area contributed by atoms with Crippen LogP contribution in [0, 0.1) is 0 Å². The highest BCUT2D eigenvalue weighted by molar-refractivity contribution is 7.90. The van der Waals surface area contributed by atoms with E-state index in [0.29, 0.717) is 41.5 Å². The van der Waals surface area contributed by atoms with Crippen LogP contribution < -0.4 is 14.8 Å². The van der Waals surface area contributed by atoms with Gasteiger partial charge in [0.1, 0.15) is 9.79 Å². The number of halogens is 1. The van der Waals surface area contributed by atoms with Gasteiger partial charge in [0.2, 0.25) is 11.8 Å². The third-order valence-corrected chi connectivity index (χ3v) is 10.6. The number of hydrogen-bond donors (Lipinski definition) is 1. The van der Waals surface area contributed by atoms with Crippen molar-refractivity contribution in [2.24, 2.45) is 0 Å². The van der Waals surface area contributed by atoms with E-state index < -0.39 is 20.0 Å². The number of benzene rings is 2. The molecule has 0 saturated heterocycles. The van der Waals surface area contributed by atoms with Gasteiger partial charge < -0.3 is 14.8 Å². The van der Waals surface area contributed by atoms with Crippen molar-refractivity contribution >= 4 is 38.7 Å². The molecule has 2 aromatic carbocycles. The van der Waals surface area contributed by atoms with Crippen LogP contribution in [0.3, 0.4) is 0 Å². The SMILES string of the molecule is CNCc1cc(-c2ccccc2)n(S(=O)(=O)c2ccc(OC)nc2)c1.COc1ccc(S(=O)(=O)n2cc(C=O)cc2-c2ccccc2)cn1.Cl. The zero-order valence-electron chi connectivity index (χ0n) is 27.2. The predicted octanol–water partition coefficient (Wildman–Crippen LogP) is 5.55. The van der Waals surface area contributed by atoms with E-state index in [-0.39, 0.29) is 27.8 Å². The van der Waals surface area contributed by atoms with Crippen LogP contribution in [0.5, 0.6) is 11.8 Å². The van der Waals surface area contributed by atoms with Crippen LogP contribution in [0.15, 0.2) is 132 Å². The highest BCUT2D eigenvalue weighted by Crippen LogP contribution is 2.28. The molecular weight excluding hydrogens is 702 g/mol. The molecule has 0 aliphatic rings. The topological polar surface area (TPSA) is 151 Å². The minimum absolute atomic E-state index is 0. The summed E-state index contributed by atoms with van der Waals surface area (Å²) in [6.07, 6.45) is 6.09. The van der Waals surface area contributed by atoms with E-state index in [9.17, 15) is 21.6 Å². The first kappa shape index (κ1) is 37.5. The molecule has 0 aliphatic carbocycles. The Labute approximate surface area is 296 Å². The molecule has 260 valence electrons. The van der Waals surface area contributed by atoms with E-state index in [4.69, 9.17) is 9.47 Å². The predicted molar refractivity (Wildman–Crippen MR) is 192 cm³/mol. The summed E-state index contributed by atoms with van der Waals surface area (Å²) in [6, 6.07) is 27.7. The van der Waals surface area contributed by atoms with E-state index in [1.54, 1.807) is 30.5 Å². The number of nitrogens with one attached hydrogen (secondary N) is 1. The monoisotopic (exact) mass is 735 g/mol. The van der Waals surface area contributed by atoms with Gasteiger partial charge in [-0.15, -0.1) is 12.4 Å². The molecule has 6 rings (SSSR count). The van der Waals surface area contributed by atoms with Gasteiger partial charge in [-0.2, -0.15) is 0 Å². The summed E-state index contributed by atoms with van der Waals surface area (Å²) in [5.41, 5.74) is 3.70. The Hall–Kier alpha value is -5.28. The average Bonchev–Trinajstić information content (AvgIpc) is 3.79. The van der Waals surface area contributed by atoms with Gasteiger partial charge in [0.25, 0.3) is 20.0 Å². The van der Waals surface area contributed by atoms with Crippen LogP contribution in [0.25, 0.3) is 22.5 Å². The molecule has 0 aliphatic heterocycles. The van der Waals surface area contributed by atoms with Gasteiger partial charge in [0, 0.05) is 36.6 Å². The van der Waals surface area contributed by atoms with E-state index in [2.05, 4.69) is 15.3 Å². The summed E-state index contributed by atoms with van der Waals surface area (Å²) in [5, 5.41) is 3.05. The lowest BCUT2D eigenvalue weighted by atomic mass is 10.1. The molecule has 0 atom stereocenters. The molecule has 15 heteroatoms. The number of nitrogens with zero attached hydrogens (tertiary/aromatic N) is 4. The zero-order chi connectivity index (χ0) is 35.0. The maximum atomic E-state index is 13.1. The number of hydrogen-bond acceptors (Lipinski definition) is 10. The minimum Gasteiger partial charge on any atom is -0.481 e. The summed E-state index contributed by atoms with van der Waals surface area (Å²) in [7, 11) is -2.90. The smallest absolute Gasteiger partial charge is 0.269 e. The first-order valence-electron chi connectivity index (χ1n) is 14.8. The normalized spacial score (nSPS) is 11.1. The molecule has 0 saturated carbocycles. The highest BCUT2D eigenvalue weighted by Gasteiger charge is 2.23. The van der Waals surface area contributed by atoms with Crippen LogP contribution in [-0.2, 0) is 26.6 Å². The molecule has 1 N–H and O–H groups in total. The number of carbonyl (C=O) groups is 1. The molecule has 50 heavy (non-hydrogen) atoms. The van der Waals surface area contributed by atoms with Crippen LogP contribution in [0.1, 0.15) is 15.9 Å². The van der Waals surface area contributed by atoms with E-state index in [0.717, 1.165) is 15.1 Å². The number of aromatic nitrogens is 4. The van der Waals surface area contributed by atoms with Gasteiger partial charge in [0.15, 0.2) is 6.29 Å². The van der Waals surface area contributed by atoms with Crippen molar-refractivity contribution in [3.63, 3.8) is 0 Å². The van der Waals surface area contributed by atoms with Gasteiger partial charge in [-0.05, 0) is 48.0 Å². The maximum absolute atomic E-state index is 13.1. The summed E-state index contributed by atoms with van der Waals surface area (Å²) < 4.78 is 64.4. The Bertz CT molecular complexity index is 2240. The Morgan fingerprint density at radius 2 is 1.14 bits per heavy atom. The Kier molecular flexibility index (Phi) is 12.3. The highest BCUT2D eigenvalue weighted by atomic mass is 35.5. The molecule has 0 spiro atoms. The van der Waals surface area contributed by atoms with Gasteiger partial charge in [-0.3, -0.25) is 4.79 Å². The van der Waals surface area contributed by atoms with Crippen molar-refractivity contribution in [2.45, 2.75) is 16.3 Å². The first-order chi connectivity index (χ1) is 23.6. The van der Waals surface area contributed by atoms with Gasteiger partial charge in [0.05, 0.1) is 38.0 Å². The average molecular weight is 736 g/mol. The number of ether oxygens (including phenoxy) is 2. The lowest BCUT2D eigenvalue weighted by molar-refractivity contribution is 0.112. The van der Waals surface area contributed by atoms with Gasteiger partial charge >= 0.3 is 0 Å². The Morgan fingerprint density at radius 3 is 1.54 bits per heavy atom. The van der Waals surface area contributed by atoms with Crippen molar-refractivity contribution in [3.05, 3.63) is 133 Å². The summed E-state index contributed by atoms with van der Waals surface area (Å²) >= 11 is 0. The van der Waals surface area contributed by atoms with Gasteiger partial charge in [-0.1, -0.05) is 60.7 Å². The molecule has 4 heterocycles. The lowest BCUT2D eigenvalue weighted by Gasteiger charge is -2.10. The fourth-order valence-corrected chi connectivity index (χ4v) is 7.54. The molecule has 6 aromatic rings. The second kappa shape index (κ2) is 16.4.